The van der Waals surface area contributed by atoms with Gasteiger partial charge in [0.05, 0.1) is 21.3 Å². The Morgan fingerprint density at radius 3 is 2.05 bits per heavy atom. The summed E-state index contributed by atoms with van der Waals surface area (Å²) in [4.78, 5) is 0. The second kappa shape index (κ2) is 6.83. The Kier molecular flexibility index (Phi) is 5.86. The fraction of sp³-hybridized carbons (Fsp3) is 0.538. The third-order valence-electron chi connectivity index (χ3n) is 2.67. The molecule has 2 nitrogen and oxygen atoms in total. The van der Waals surface area contributed by atoms with Gasteiger partial charge in [-0.3, -0.25) is 0 Å². The molecule has 0 aliphatic rings. The van der Waals surface area contributed by atoms with E-state index in [9.17, 15) is 26.2 Å². The van der Waals surface area contributed by atoms with Crippen LogP contribution >= 0.6 is 0 Å². The Hall–Kier alpha value is -1.02. The van der Waals surface area contributed by atoms with E-state index in [0.717, 1.165) is 18.2 Å². The smallest absolute Gasteiger partial charge is 0.242 e. The highest BCUT2D eigenvalue weighted by Crippen LogP contribution is 2.30. The van der Waals surface area contributed by atoms with E-state index in [2.05, 4.69) is 4.72 Å². The van der Waals surface area contributed by atoms with Gasteiger partial charge in [0.25, 0.3) is 12.9 Å². The molecule has 0 aliphatic carbocycles. The number of halogens is 5. The lowest BCUT2D eigenvalue weighted by atomic mass is 10.0. The minimum Gasteiger partial charge on any atom is -0.242 e. The molecule has 120 valence electrons. The number of alkyl halides is 4. The molecule has 0 radical (unpaired) electrons. The predicted molar refractivity (Wildman–Crippen MR) is 71.1 cm³/mol. The molecular weight excluding hydrogens is 313 g/mol. The molecule has 2 atom stereocenters. The van der Waals surface area contributed by atoms with E-state index in [-0.39, 0.29) is 0 Å². The zero-order valence-electron chi connectivity index (χ0n) is 11.7. The lowest BCUT2D eigenvalue weighted by molar-refractivity contribution is 0.106. The number of hydrogen-bond acceptors (Lipinski definition) is 1. The topological polar surface area (TPSA) is 29.1 Å². The standard InChI is InChI=1S/C13H16F5NOS/c1-13(2,3)21(20)19-10(12(17)18)7-5-4-6-8(9(7)14)11(15)16/h4-6,10-12,19H,1-3H3. The first-order valence-corrected chi connectivity index (χ1v) is 7.23. The van der Waals surface area contributed by atoms with Gasteiger partial charge in [0.2, 0.25) is 0 Å². The highest BCUT2D eigenvalue weighted by atomic mass is 32.2. The Morgan fingerprint density at radius 1 is 1.10 bits per heavy atom. The first-order valence-electron chi connectivity index (χ1n) is 6.08. The van der Waals surface area contributed by atoms with Crippen LogP contribution in [0.4, 0.5) is 22.0 Å². The fourth-order valence-electron chi connectivity index (χ4n) is 1.52. The van der Waals surface area contributed by atoms with Crippen LogP contribution in [0.3, 0.4) is 0 Å². The molecule has 0 fully saturated rings. The van der Waals surface area contributed by atoms with Crippen molar-refractivity contribution < 1.29 is 26.2 Å². The van der Waals surface area contributed by atoms with Gasteiger partial charge >= 0.3 is 0 Å². The van der Waals surface area contributed by atoms with Crippen LogP contribution < -0.4 is 4.72 Å². The largest absolute Gasteiger partial charge is 0.266 e. The summed E-state index contributed by atoms with van der Waals surface area (Å²) < 4.78 is 78.5. The van der Waals surface area contributed by atoms with Crippen molar-refractivity contribution >= 4 is 11.0 Å². The minimum atomic E-state index is -3.11. The van der Waals surface area contributed by atoms with E-state index in [1.807, 2.05) is 0 Å². The van der Waals surface area contributed by atoms with Crippen molar-refractivity contribution in [3.8, 4) is 0 Å². The van der Waals surface area contributed by atoms with E-state index in [1.54, 1.807) is 20.8 Å². The van der Waals surface area contributed by atoms with E-state index < -0.39 is 51.6 Å². The predicted octanol–water partition coefficient (Wildman–Crippen LogP) is 4.12. The van der Waals surface area contributed by atoms with Gasteiger partial charge < -0.3 is 0 Å². The molecule has 0 aliphatic heterocycles. The molecule has 0 amide bonds. The Bertz CT molecular complexity index is 516. The zero-order chi connectivity index (χ0) is 16.4. The quantitative estimate of drug-likeness (QED) is 0.809. The van der Waals surface area contributed by atoms with Gasteiger partial charge in [0, 0.05) is 5.56 Å². The summed E-state index contributed by atoms with van der Waals surface area (Å²) in [5, 5.41) is 0. The zero-order valence-corrected chi connectivity index (χ0v) is 12.5. The molecular formula is C13H16F5NOS. The summed E-state index contributed by atoms with van der Waals surface area (Å²) in [6.45, 7) is 4.64. The number of benzene rings is 1. The van der Waals surface area contributed by atoms with E-state index in [1.165, 1.54) is 0 Å². The van der Waals surface area contributed by atoms with Crippen LogP contribution in [0.5, 0.6) is 0 Å². The molecule has 0 heterocycles. The van der Waals surface area contributed by atoms with Gasteiger partial charge in [-0.15, -0.1) is 0 Å². The van der Waals surface area contributed by atoms with Gasteiger partial charge in [-0.05, 0) is 20.8 Å². The lowest BCUT2D eigenvalue weighted by Gasteiger charge is -2.24. The van der Waals surface area contributed by atoms with E-state index >= 15 is 0 Å². The van der Waals surface area contributed by atoms with Crippen LogP contribution in [-0.4, -0.2) is 15.4 Å². The van der Waals surface area contributed by atoms with Gasteiger partial charge in [-0.2, -0.15) is 0 Å². The average Bonchev–Trinajstić information content (AvgIpc) is 2.34. The minimum absolute atomic E-state index is 0.625. The summed E-state index contributed by atoms with van der Waals surface area (Å²) in [5.41, 5.74) is -1.58. The molecule has 0 aromatic heterocycles. The highest BCUT2D eigenvalue weighted by Gasteiger charge is 2.32. The first-order chi connectivity index (χ1) is 9.55. The third kappa shape index (κ3) is 4.47. The third-order valence-corrected chi connectivity index (χ3v) is 4.25. The van der Waals surface area contributed by atoms with Gasteiger partial charge in [-0.25, -0.2) is 30.9 Å². The number of rotatable bonds is 5. The van der Waals surface area contributed by atoms with Crippen LogP contribution in [0.15, 0.2) is 18.2 Å². The van der Waals surface area contributed by atoms with Gasteiger partial charge in [0.15, 0.2) is 0 Å². The maximum atomic E-state index is 13.9. The molecule has 2 unspecified atom stereocenters. The van der Waals surface area contributed by atoms with Crippen molar-refractivity contribution in [2.24, 2.45) is 0 Å². The molecule has 1 aromatic rings. The van der Waals surface area contributed by atoms with Crippen molar-refractivity contribution in [1.82, 2.24) is 4.72 Å². The number of nitrogens with one attached hydrogen (secondary N) is 1. The second-order valence-electron chi connectivity index (χ2n) is 5.36. The van der Waals surface area contributed by atoms with Crippen LogP contribution in [0.25, 0.3) is 0 Å². The molecule has 1 rings (SSSR count). The van der Waals surface area contributed by atoms with Crippen molar-refractivity contribution in [3.05, 3.63) is 35.1 Å². The highest BCUT2D eigenvalue weighted by molar-refractivity contribution is 7.84. The molecule has 1 N–H and O–H groups in total. The molecule has 0 spiro atoms. The van der Waals surface area contributed by atoms with Crippen LogP contribution in [-0.2, 0) is 11.0 Å². The number of hydrogen-bond donors (Lipinski definition) is 1. The Labute approximate surface area is 122 Å². The van der Waals surface area contributed by atoms with E-state index in [4.69, 9.17) is 0 Å². The van der Waals surface area contributed by atoms with Crippen LogP contribution in [0, 0.1) is 5.82 Å². The summed E-state index contributed by atoms with van der Waals surface area (Å²) in [5.74, 6) is -1.41. The molecule has 0 bridgehead atoms. The van der Waals surface area contributed by atoms with Crippen molar-refractivity contribution in [1.29, 1.82) is 0 Å². The normalized spacial score (nSPS) is 15.5. The van der Waals surface area contributed by atoms with Crippen molar-refractivity contribution in [3.63, 3.8) is 0 Å². The first kappa shape index (κ1) is 18.0. The lowest BCUT2D eigenvalue weighted by Crippen LogP contribution is -2.38. The molecule has 1 aromatic carbocycles. The van der Waals surface area contributed by atoms with E-state index in [0.29, 0.717) is 0 Å². The SMILES string of the molecule is CC(C)(C)S(=O)NC(c1cccc(C(F)F)c1F)C(F)F. The maximum Gasteiger partial charge on any atom is 0.266 e. The summed E-state index contributed by atoms with van der Waals surface area (Å²) >= 11 is 0. The van der Waals surface area contributed by atoms with Crippen molar-refractivity contribution in [2.45, 2.75) is 44.4 Å². The van der Waals surface area contributed by atoms with Crippen LogP contribution in [0.2, 0.25) is 0 Å². The summed E-state index contributed by atoms with van der Waals surface area (Å²) in [6, 6.07) is 0.943. The maximum absolute atomic E-state index is 13.9. The summed E-state index contributed by atoms with van der Waals surface area (Å²) in [7, 11) is -1.90. The molecule has 8 heteroatoms. The Morgan fingerprint density at radius 2 is 1.62 bits per heavy atom. The average molecular weight is 329 g/mol. The fourth-order valence-corrected chi connectivity index (χ4v) is 2.33. The van der Waals surface area contributed by atoms with Gasteiger partial charge in [-0.1, -0.05) is 18.2 Å². The molecule has 21 heavy (non-hydrogen) atoms. The second-order valence-corrected chi connectivity index (χ2v) is 7.36. The molecule has 0 saturated heterocycles. The summed E-state index contributed by atoms with van der Waals surface area (Å²) in [6.07, 6.45) is -6.21. The monoisotopic (exact) mass is 329 g/mol. The van der Waals surface area contributed by atoms with Crippen LogP contribution in [0.1, 0.15) is 44.4 Å². The Balaban J connectivity index is 3.19. The molecule has 0 saturated carbocycles. The van der Waals surface area contributed by atoms with Gasteiger partial charge in [0.1, 0.15) is 11.9 Å². The van der Waals surface area contributed by atoms with Crippen molar-refractivity contribution in [2.75, 3.05) is 0 Å².